The number of methoxy groups -OCH3 is 1. The van der Waals surface area contributed by atoms with E-state index in [-0.39, 0.29) is 4.90 Å². The third-order valence-electron chi connectivity index (χ3n) is 6.27. The van der Waals surface area contributed by atoms with Crippen LogP contribution in [0, 0.1) is 6.92 Å². The molecule has 0 aliphatic rings. The predicted molar refractivity (Wildman–Crippen MR) is 162 cm³/mol. The maximum atomic E-state index is 13.6. The highest BCUT2D eigenvalue weighted by molar-refractivity contribution is 7.92. The quantitative estimate of drug-likeness (QED) is 0.146. The van der Waals surface area contributed by atoms with E-state index in [9.17, 15) is 26.4 Å². The van der Waals surface area contributed by atoms with Crippen LogP contribution in [0.25, 0.3) is 0 Å². The van der Waals surface area contributed by atoms with E-state index in [2.05, 4.69) is 10.5 Å². The molecule has 230 valence electrons. The van der Waals surface area contributed by atoms with Gasteiger partial charge in [-0.1, -0.05) is 59.6 Å². The van der Waals surface area contributed by atoms with Gasteiger partial charge in [-0.3, -0.25) is 9.10 Å². The minimum atomic E-state index is -4.86. The van der Waals surface area contributed by atoms with Crippen LogP contribution in [0.5, 0.6) is 11.5 Å². The van der Waals surface area contributed by atoms with Crippen LogP contribution < -0.4 is 19.2 Å². The summed E-state index contributed by atoms with van der Waals surface area (Å²) in [6.45, 7) is 1.19. The molecule has 0 saturated heterocycles. The second-order valence-corrected chi connectivity index (χ2v) is 11.7. The first-order valence-electron chi connectivity index (χ1n) is 13.0. The number of hydrazone groups is 1. The molecule has 0 saturated carbocycles. The molecule has 0 radical (unpaired) electrons. The van der Waals surface area contributed by atoms with Gasteiger partial charge in [0.25, 0.3) is 15.9 Å². The van der Waals surface area contributed by atoms with Crippen LogP contribution in [-0.4, -0.2) is 34.2 Å². The number of nitrogens with zero attached hydrogens (tertiary/aromatic N) is 2. The molecule has 0 bridgehead atoms. The van der Waals surface area contributed by atoms with Crippen molar-refractivity contribution in [3.63, 3.8) is 0 Å². The largest absolute Gasteiger partial charge is 0.493 e. The maximum absolute atomic E-state index is 13.6. The molecule has 1 amide bonds. The number of carbonyl (C=O) groups excluding carboxylic acids is 1. The van der Waals surface area contributed by atoms with Crippen LogP contribution in [0.4, 0.5) is 18.9 Å². The van der Waals surface area contributed by atoms with Gasteiger partial charge in [0.1, 0.15) is 13.2 Å². The lowest BCUT2D eigenvalue weighted by molar-refractivity contribution is -0.137. The van der Waals surface area contributed by atoms with Crippen LogP contribution in [0.2, 0.25) is 5.02 Å². The van der Waals surface area contributed by atoms with Crippen LogP contribution in [0.15, 0.2) is 101 Å². The Balaban J connectivity index is 1.53. The molecule has 44 heavy (non-hydrogen) atoms. The summed E-state index contributed by atoms with van der Waals surface area (Å²) in [4.78, 5) is 12.7. The molecule has 0 fully saturated rings. The average molecular weight is 646 g/mol. The number of hydrogen-bond acceptors (Lipinski definition) is 6. The number of rotatable bonds is 11. The van der Waals surface area contributed by atoms with E-state index < -0.39 is 44.9 Å². The summed E-state index contributed by atoms with van der Waals surface area (Å²) < 4.78 is 79.6. The monoisotopic (exact) mass is 645 g/mol. The van der Waals surface area contributed by atoms with Gasteiger partial charge in [0.15, 0.2) is 11.5 Å². The van der Waals surface area contributed by atoms with Crippen molar-refractivity contribution in [1.29, 1.82) is 0 Å². The summed E-state index contributed by atoms with van der Waals surface area (Å²) in [7, 11) is -3.01. The zero-order chi connectivity index (χ0) is 31.9. The first-order chi connectivity index (χ1) is 20.9. The van der Waals surface area contributed by atoms with Crippen LogP contribution >= 0.6 is 11.6 Å². The number of halogens is 4. The standard InChI is InChI=1S/C31H27ClF3N3O5S/c1-21-8-12-25(13-9-21)44(40,41)38(24-11-14-27(32)26(17-24)31(33,34)35)19-30(39)37-36-18-23-10-15-28(29(16-23)42-2)43-20-22-6-4-3-5-7-22/h3-18H,19-20H2,1-2H3,(H,37,39)/b36-18-. The fourth-order valence-corrected chi connectivity index (χ4v) is 5.64. The van der Waals surface area contributed by atoms with Crippen molar-refractivity contribution in [2.75, 3.05) is 18.0 Å². The molecular weight excluding hydrogens is 619 g/mol. The molecule has 13 heteroatoms. The number of hydrogen-bond donors (Lipinski definition) is 1. The lowest BCUT2D eigenvalue weighted by Crippen LogP contribution is -2.39. The number of amides is 1. The van der Waals surface area contributed by atoms with Crippen LogP contribution in [0.3, 0.4) is 0 Å². The fourth-order valence-electron chi connectivity index (χ4n) is 4.00. The van der Waals surface area contributed by atoms with Gasteiger partial charge in [0.05, 0.1) is 34.5 Å². The molecule has 4 aromatic rings. The van der Waals surface area contributed by atoms with E-state index in [0.29, 0.717) is 34.0 Å². The van der Waals surface area contributed by atoms with E-state index in [1.807, 2.05) is 30.3 Å². The van der Waals surface area contributed by atoms with E-state index in [4.69, 9.17) is 21.1 Å². The SMILES string of the molecule is COc1cc(/C=N\NC(=O)CN(c2ccc(Cl)c(C(F)(F)F)c2)S(=O)(=O)c2ccc(C)cc2)ccc1OCc1ccccc1. The van der Waals surface area contributed by atoms with E-state index in [0.717, 1.165) is 23.3 Å². The summed E-state index contributed by atoms with van der Waals surface area (Å²) >= 11 is 5.74. The minimum absolute atomic E-state index is 0.218. The summed E-state index contributed by atoms with van der Waals surface area (Å²) in [6.07, 6.45) is -3.56. The molecule has 0 spiro atoms. The molecule has 4 aromatic carbocycles. The predicted octanol–water partition coefficient (Wildman–Crippen LogP) is 6.60. The molecule has 0 aliphatic carbocycles. The van der Waals surface area contributed by atoms with Gasteiger partial charge in [-0.2, -0.15) is 18.3 Å². The third kappa shape index (κ3) is 8.08. The van der Waals surface area contributed by atoms with Crippen LogP contribution in [-0.2, 0) is 27.6 Å². The molecule has 0 heterocycles. The molecule has 0 atom stereocenters. The van der Waals surface area contributed by atoms with Gasteiger partial charge in [-0.15, -0.1) is 0 Å². The minimum Gasteiger partial charge on any atom is -0.493 e. The topological polar surface area (TPSA) is 97.3 Å². The maximum Gasteiger partial charge on any atom is 0.417 e. The number of carbonyl (C=O) groups is 1. The van der Waals surface area contributed by atoms with Crippen molar-refractivity contribution < 1.29 is 35.9 Å². The van der Waals surface area contributed by atoms with Crippen molar-refractivity contribution in [1.82, 2.24) is 5.43 Å². The lowest BCUT2D eigenvalue weighted by atomic mass is 10.2. The molecule has 4 rings (SSSR count). The fraction of sp³-hybridized carbons (Fsp3) is 0.161. The van der Waals surface area contributed by atoms with Gasteiger partial charge in [-0.05, 0) is 66.6 Å². The number of aryl methyl sites for hydroxylation is 1. The second-order valence-electron chi connectivity index (χ2n) is 9.46. The normalized spacial score (nSPS) is 11.8. The van der Waals surface area contributed by atoms with E-state index >= 15 is 0 Å². The summed E-state index contributed by atoms with van der Waals surface area (Å²) in [5.74, 6) is -0.0133. The van der Waals surface area contributed by atoms with Gasteiger partial charge < -0.3 is 9.47 Å². The molecular formula is C31H27ClF3N3O5S. The molecule has 8 nitrogen and oxygen atoms in total. The Morgan fingerprint density at radius 2 is 1.68 bits per heavy atom. The van der Waals surface area contributed by atoms with Crippen LogP contribution in [0.1, 0.15) is 22.3 Å². The Morgan fingerprint density at radius 3 is 2.34 bits per heavy atom. The Labute approximate surface area is 257 Å². The number of benzene rings is 4. The van der Waals surface area contributed by atoms with Crippen molar-refractivity contribution in [3.05, 3.63) is 118 Å². The van der Waals surface area contributed by atoms with Gasteiger partial charge in [0.2, 0.25) is 0 Å². The second kappa shape index (κ2) is 13.8. The highest BCUT2D eigenvalue weighted by Crippen LogP contribution is 2.38. The molecule has 1 N–H and O–H groups in total. The van der Waals surface area contributed by atoms with Crippen molar-refractivity contribution in [2.24, 2.45) is 5.10 Å². The summed E-state index contributed by atoms with van der Waals surface area (Å²) in [5, 5.41) is 3.26. The highest BCUT2D eigenvalue weighted by atomic mass is 35.5. The smallest absolute Gasteiger partial charge is 0.417 e. The van der Waals surface area contributed by atoms with E-state index in [1.165, 1.54) is 37.6 Å². The summed E-state index contributed by atoms with van der Waals surface area (Å²) in [6, 6.07) is 22.8. The van der Waals surface area contributed by atoms with Gasteiger partial charge >= 0.3 is 6.18 Å². The Bertz CT molecular complexity index is 1750. The van der Waals surface area contributed by atoms with Crippen molar-refractivity contribution in [2.45, 2.75) is 24.6 Å². The summed E-state index contributed by atoms with van der Waals surface area (Å²) in [5.41, 5.74) is 2.82. The Kier molecular flexibility index (Phi) is 10.2. The average Bonchev–Trinajstić information content (AvgIpc) is 2.99. The molecule has 0 unspecified atom stereocenters. The van der Waals surface area contributed by atoms with Crippen molar-refractivity contribution >= 4 is 39.4 Å². The zero-order valence-electron chi connectivity index (χ0n) is 23.5. The number of alkyl halides is 3. The molecule has 0 aromatic heterocycles. The first-order valence-corrected chi connectivity index (χ1v) is 14.8. The number of ether oxygens (including phenoxy) is 2. The highest BCUT2D eigenvalue weighted by Gasteiger charge is 2.35. The Hall–Kier alpha value is -4.55. The number of sulfonamides is 1. The zero-order valence-corrected chi connectivity index (χ0v) is 25.1. The third-order valence-corrected chi connectivity index (χ3v) is 8.38. The number of anilines is 1. The number of nitrogens with one attached hydrogen (secondary N) is 1. The van der Waals surface area contributed by atoms with Gasteiger partial charge in [0, 0.05) is 0 Å². The first kappa shape index (κ1) is 32.4. The molecule has 0 aliphatic heterocycles. The Morgan fingerprint density at radius 1 is 0.977 bits per heavy atom. The van der Waals surface area contributed by atoms with E-state index in [1.54, 1.807) is 25.1 Å². The lowest BCUT2D eigenvalue weighted by Gasteiger charge is -2.25. The van der Waals surface area contributed by atoms with Crippen molar-refractivity contribution in [3.8, 4) is 11.5 Å². The van der Waals surface area contributed by atoms with Gasteiger partial charge in [-0.25, -0.2) is 13.8 Å².